The summed E-state index contributed by atoms with van der Waals surface area (Å²) >= 11 is 1.69. The Hall–Kier alpha value is -2.30. The van der Waals surface area contributed by atoms with Gasteiger partial charge in [-0.3, -0.25) is 4.98 Å². The largest absolute Gasteiger partial charge is 0.497 e. The molecular formula is C19H17NO2S. The summed E-state index contributed by atoms with van der Waals surface area (Å²) in [5.41, 5.74) is 2.57. The summed E-state index contributed by atoms with van der Waals surface area (Å²) in [5, 5.41) is 9.62. The number of hydrogen-bond donors (Lipinski definition) is 1. The standard InChI is InChI=1S/C19H17NO2S/c1-22-15-7-8-18(14(11-15)13-21)19-12-17(9-10-20-19)23-16-5-3-2-4-6-16/h2-12,21H,13H2,1H3. The zero-order valence-electron chi connectivity index (χ0n) is 12.8. The van der Waals surface area contributed by atoms with Gasteiger partial charge < -0.3 is 9.84 Å². The monoisotopic (exact) mass is 323 g/mol. The van der Waals surface area contributed by atoms with Crippen LogP contribution < -0.4 is 4.74 Å². The summed E-state index contributed by atoms with van der Waals surface area (Å²) in [6.07, 6.45) is 1.80. The van der Waals surface area contributed by atoms with Crippen molar-refractivity contribution in [2.45, 2.75) is 16.4 Å². The molecule has 0 fully saturated rings. The zero-order valence-corrected chi connectivity index (χ0v) is 13.6. The summed E-state index contributed by atoms with van der Waals surface area (Å²) in [6.45, 7) is -0.0513. The SMILES string of the molecule is COc1ccc(-c2cc(Sc3ccccc3)ccn2)c(CO)c1. The second kappa shape index (κ2) is 7.31. The van der Waals surface area contributed by atoms with Crippen LogP contribution in [0, 0.1) is 0 Å². The van der Waals surface area contributed by atoms with Gasteiger partial charge in [0.25, 0.3) is 0 Å². The number of aliphatic hydroxyl groups excluding tert-OH is 1. The molecule has 1 heterocycles. The molecule has 116 valence electrons. The lowest BCUT2D eigenvalue weighted by molar-refractivity contribution is 0.281. The van der Waals surface area contributed by atoms with E-state index in [9.17, 15) is 5.11 Å². The first-order valence-corrected chi connectivity index (χ1v) is 8.09. The van der Waals surface area contributed by atoms with Crippen molar-refractivity contribution in [2.24, 2.45) is 0 Å². The Morgan fingerprint density at radius 1 is 1.00 bits per heavy atom. The van der Waals surface area contributed by atoms with Gasteiger partial charge in [-0.2, -0.15) is 0 Å². The molecule has 3 rings (SSSR count). The van der Waals surface area contributed by atoms with Crippen LogP contribution in [0.1, 0.15) is 5.56 Å². The molecule has 0 spiro atoms. The van der Waals surface area contributed by atoms with Gasteiger partial charge in [0.2, 0.25) is 0 Å². The third-order valence-corrected chi connectivity index (χ3v) is 4.47. The summed E-state index contributed by atoms with van der Waals surface area (Å²) in [6, 6.07) is 19.9. The fourth-order valence-corrected chi connectivity index (χ4v) is 3.19. The first-order chi connectivity index (χ1) is 11.3. The average molecular weight is 323 g/mol. The number of rotatable bonds is 5. The number of hydrogen-bond acceptors (Lipinski definition) is 4. The number of pyridine rings is 1. The van der Waals surface area contributed by atoms with Crippen molar-refractivity contribution in [3.8, 4) is 17.0 Å². The van der Waals surface area contributed by atoms with Crippen LogP contribution in [0.4, 0.5) is 0 Å². The van der Waals surface area contributed by atoms with E-state index in [0.29, 0.717) is 0 Å². The van der Waals surface area contributed by atoms with Crippen LogP contribution in [-0.4, -0.2) is 17.2 Å². The number of aromatic nitrogens is 1. The van der Waals surface area contributed by atoms with E-state index in [0.717, 1.165) is 27.5 Å². The normalized spacial score (nSPS) is 10.5. The van der Waals surface area contributed by atoms with Crippen LogP contribution >= 0.6 is 11.8 Å². The minimum Gasteiger partial charge on any atom is -0.497 e. The highest BCUT2D eigenvalue weighted by Gasteiger charge is 2.09. The van der Waals surface area contributed by atoms with Gasteiger partial charge in [0.15, 0.2) is 0 Å². The fraction of sp³-hybridized carbons (Fsp3) is 0.105. The van der Waals surface area contributed by atoms with E-state index in [1.54, 1.807) is 25.1 Å². The highest BCUT2D eigenvalue weighted by molar-refractivity contribution is 7.99. The Morgan fingerprint density at radius 3 is 2.57 bits per heavy atom. The maximum Gasteiger partial charge on any atom is 0.119 e. The molecule has 4 heteroatoms. The Kier molecular flexibility index (Phi) is 4.95. The van der Waals surface area contributed by atoms with Crippen LogP contribution in [0.5, 0.6) is 5.75 Å². The minimum atomic E-state index is -0.0513. The molecule has 1 N–H and O–H groups in total. The van der Waals surface area contributed by atoms with Gasteiger partial charge >= 0.3 is 0 Å². The number of ether oxygens (including phenoxy) is 1. The van der Waals surface area contributed by atoms with Crippen molar-refractivity contribution in [3.63, 3.8) is 0 Å². The van der Waals surface area contributed by atoms with Gasteiger partial charge in [-0.1, -0.05) is 30.0 Å². The molecule has 23 heavy (non-hydrogen) atoms. The lowest BCUT2D eigenvalue weighted by atomic mass is 10.0. The topological polar surface area (TPSA) is 42.4 Å². The van der Waals surface area contributed by atoms with Crippen molar-refractivity contribution in [1.29, 1.82) is 0 Å². The Bertz CT molecular complexity index is 790. The maximum atomic E-state index is 9.62. The third-order valence-electron chi connectivity index (χ3n) is 3.47. The molecule has 0 aliphatic carbocycles. The molecule has 0 aliphatic rings. The smallest absolute Gasteiger partial charge is 0.119 e. The molecule has 0 saturated heterocycles. The van der Waals surface area contributed by atoms with Gasteiger partial charge in [-0.05, 0) is 48.0 Å². The molecule has 0 amide bonds. The van der Waals surface area contributed by atoms with Gasteiger partial charge in [0, 0.05) is 21.6 Å². The maximum absolute atomic E-state index is 9.62. The van der Waals surface area contributed by atoms with Gasteiger partial charge in [0.05, 0.1) is 19.4 Å². The third kappa shape index (κ3) is 3.73. The second-order valence-electron chi connectivity index (χ2n) is 4.97. The Morgan fingerprint density at radius 2 is 1.83 bits per heavy atom. The summed E-state index contributed by atoms with van der Waals surface area (Å²) in [4.78, 5) is 6.74. The van der Waals surface area contributed by atoms with E-state index in [1.165, 1.54) is 4.90 Å². The molecule has 3 aromatic rings. The molecule has 3 nitrogen and oxygen atoms in total. The first kappa shape index (κ1) is 15.6. The van der Waals surface area contributed by atoms with Crippen LogP contribution in [0.3, 0.4) is 0 Å². The van der Waals surface area contributed by atoms with Crippen LogP contribution in [0.2, 0.25) is 0 Å². The molecule has 1 aromatic heterocycles. The summed E-state index contributed by atoms with van der Waals surface area (Å²) < 4.78 is 5.21. The van der Waals surface area contributed by atoms with Gasteiger partial charge in [0.1, 0.15) is 5.75 Å². The lowest BCUT2D eigenvalue weighted by Crippen LogP contribution is -1.93. The molecule has 0 radical (unpaired) electrons. The van der Waals surface area contributed by atoms with E-state index in [4.69, 9.17) is 4.74 Å². The molecular weight excluding hydrogens is 306 g/mol. The molecule has 0 atom stereocenters. The fourth-order valence-electron chi connectivity index (χ4n) is 2.32. The number of aliphatic hydroxyl groups is 1. The van der Waals surface area contributed by atoms with E-state index in [-0.39, 0.29) is 6.61 Å². The minimum absolute atomic E-state index is 0.0513. The lowest BCUT2D eigenvalue weighted by Gasteiger charge is -2.10. The van der Waals surface area contributed by atoms with Crippen LogP contribution in [0.15, 0.2) is 76.7 Å². The number of methoxy groups -OCH3 is 1. The van der Waals surface area contributed by atoms with Crippen molar-refractivity contribution in [2.75, 3.05) is 7.11 Å². The predicted octanol–water partition coefficient (Wildman–Crippen LogP) is 4.40. The summed E-state index contributed by atoms with van der Waals surface area (Å²) in [7, 11) is 1.62. The number of nitrogens with zero attached hydrogens (tertiary/aromatic N) is 1. The van der Waals surface area contributed by atoms with Crippen molar-refractivity contribution in [3.05, 3.63) is 72.4 Å². The van der Waals surface area contributed by atoms with Crippen LogP contribution in [-0.2, 0) is 6.61 Å². The molecule has 0 saturated carbocycles. The van der Waals surface area contributed by atoms with Crippen molar-refractivity contribution < 1.29 is 9.84 Å². The summed E-state index contributed by atoms with van der Waals surface area (Å²) in [5.74, 6) is 0.729. The zero-order chi connectivity index (χ0) is 16.1. The molecule has 2 aromatic carbocycles. The number of benzene rings is 2. The quantitative estimate of drug-likeness (QED) is 0.755. The molecule has 0 aliphatic heterocycles. The Balaban J connectivity index is 1.93. The first-order valence-electron chi connectivity index (χ1n) is 7.27. The van der Waals surface area contributed by atoms with E-state index >= 15 is 0 Å². The molecule has 0 bridgehead atoms. The van der Waals surface area contributed by atoms with Gasteiger partial charge in [-0.25, -0.2) is 0 Å². The van der Waals surface area contributed by atoms with E-state index in [1.807, 2.05) is 48.5 Å². The molecule has 0 unspecified atom stereocenters. The van der Waals surface area contributed by atoms with Gasteiger partial charge in [-0.15, -0.1) is 0 Å². The van der Waals surface area contributed by atoms with Crippen LogP contribution in [0.25, 0.3) is 11.3 Å². The average Bonchev–Trinajstić information content (AvgIpc) is 2.62. The van der Waals surface area contributed by atoms with Crippen molar-refractivity contribution >= 4 is 11.8 Å². The second-order valence-corrected chi connectivity index (χ2v) is 6.12. The highest BCUT2D eigenvalue weighted by Crippen LogP contribution is 2.32. The van der Waals surface area contributed by atoms with E-state index in [2.05, 4.69) is 17.1 Å². The van der Waals surface area contributed by atoms with E-state index < -0.39 is 0 Å². The Labute approximate surface area is 140 Å². The predicted molar refractivity (Wildman–Crippen MR) is 92.7 cm³/mol. The highest BCUT2D eigenvalue weighted by atomic mass is 32.2. The van der Waals surface area contributed by atoms with Crippen molar-refractivity contribution in [1.82, 2.24) is 4.98 Å².